The number of carbonyl (C=O) groups excluding carboxylic acids is 2. The molecule has 2 heterocycles. The molecule has 1 aromatic heterocycles. The topological polar surface area (TPSA) is 79.2 Å². The van der Waals surface area contributed by atoms with E-state index in [1.54, 1.807) is 13.0 Å². The Balaban J connectivity index is 2.33. The van der Waals surface area contributed by atoms with Crippen LogP contribution in [0.1, 0.15) is 33.6 Å². The highest BCUT2D eigenvalue weighted by molar-refractivity contribution is 6.10. The van der Waals surface area contributed by atoms with E-state index in [4.69, 9.17) is 5.73 Å². The molecule has 0 fully saturated rings. The van der Waals surface area contributed by atoms with Gasteiger partial charge < -0.3 is 15.6 Å². The van der Waals surface area contributed by atoms with Gasteiger partial charge in [0.1, 0.15) is 12.2 Å². The van der Waals surface area contributed by atoms with Gasteiger partial charge in [-0.1, -0.05) is 12.7 Å². The minimum absolute atomic E-state index is 0.0161. The quantitative estimate of drug-likeness (QED) is 0.803. The first kappa shape index (κ1) is 18.8. The van der Waals surface area contributed by atoms with Crippen LogP contribution in [0.2, 0.25) is 0 Å². The van der Waals surface area contributed by atoms with E-state index in [1.807, 2.05) is 0 Å². The monoisotopic (exact) mass is 377 g/mol. The van der Waals surface area contributed by atoms with E-state index < -0.39 is 29.8 Å². The van der Waals surface area contributed by atoms with Crippen LogP contribution in [0.5, 0.6) is 0 Å². The van der Waals surface area contributed by atoms with Crippen molar-refractivity contribution in [1.29, 1.82) is 0 Å². The molecule has 27 heavy (non-hydrogen) atoms. The summed E-state index contributed by atoms with van der Waals surface area (Å²) < 4.78 is 43.3. The molecule has 1 aromatic carbocycles. The highest BCUT2D eigenvalue weighted by Crippen LogP contribution is 2.38. The fourth-order valence-electron chi connectivity index (χ4n) is 3.51. The normalized spacial score (nSPS) is 14.4. The molecule has 142 valence electrons. The number of hydrogen-bond acceptors (Lipinski definition) is 2. The molecule has 0 spiro atoms. The lowest BCUT2D eigenvalue weighted by atomic mass is 9.92. The highest BCUT2D eigenvalue weighted by Gasteiger charge is 2.30. The van der Waals surface area contributed by atoms with Gasteiger partial charge in [-0.05, 0) is 25.0 Å². The van der Waals surface area contributed by atoms with Crippen molar-refractivity contribution < 1.29 is 22.8 Å². The van der Waals surface area contributed by atoms with Crippen molar-refractivity contribution in [1.82, 2.24) is 9.88 Å². The number of nitrogens with one attached hydrogen (secondary N) is 1. The molecule has 0 saturated heterocycles. The largest absolute Gasteiger partial charge is 0.365 e. The Bertz CT molecular complexity index is 1010. The number of halogens is 3. The molecule has 0 bridgehead atoms. The Morgan fingerprint density at radius 2 is 2.07 bits per heavy atom. The van der Waals surface area contributed by atoms with Gasteiger partial charge in [0, 0.05) is 35.3 Å². The molecule has 1 aliphatic rings. The fraction of sp³-hybridized carbons (Fsp3) is 0.263. The van der Waals surface area contributed by atoms with Crippen LogP contribution >= 0.6 is 0 Å². The highest BCUT2D eigenvalue weighted by atomic mass is 19.2. The van der Waals surface area contributed by atoms with E-state index in [1.165, 1.54) is 4.90 Å². The van der Waals surface area contributed by atoms with Crippen LogP contribution < -0.4 is 5.73 Å². The second-order valence-electron chi connectivity index (χ2n) is 6.34. The Morgan fingerprint density at radius 3 is 2.67 bits per heavy atom. The van der Waals surface area contributed by atoms with Gasteiger partial charge in [0.25, 0.3) is 5.91 Å². The van der Waals surface area contributed by atoms with Gasteiger partial charge in [-0.25, -0.2) is 13.2 Å². The van der Waals surface area contributed by atoms with Crippen LogP contribution in [0.3, 0.4) is 0 Å². The number of fused-ring (bicyclic) bond motifs is 1. The number of amides is 2. The third-order valence-corrected chi connectivity index (χ3v) is 4.79. The third-order valence-electron chi connectivity index (χ3n) is 4.79. The van der Waals surface area contributed by atoms with Crippen molar-refractivity contribution in [3.05, 3.63) is 52.7 Å². The number of alkyl halides is 1. The molecule has 1 aliphatic heterocycles. The Kier molecular flexibility index (Phi) is 4.82. The number of H-pyrrole nitrogens is 1. The van der Waals surface area contributed by atoms with Gasteiger partial charge in [-0.2, -0.15) is 0 Å². The number of aromatic amines is 1. The average Bonchev–Trinajstić information content (AvgIpc) is 2.96. The van der Waals surface area contributed by atoms with E-state index in [0.717, 1.165) is 6.08 Å². The number of benzene rings is 1. The first-order valence-electron chi connectivity index (χ1n) is 8.30. The summed E-state index contributed by atoms with van der Waals surface area (Å²) in [6.45, 7) is 4.45. The Hall–Kier alpha value is -3.03. The number of primary amides is 1. The van der Waals surface area contributed by atoms with Gasteiger partial charge in [0.15, 0.2) is 11.6 Å². The molecule has 0 unspecified atom stereocenters. The standard InChI is InChI=1S/C19H18F3N3O2/c1-3-12(26)25-6-4-5-10(8-25)13-14-11(7-20)9(2)24-18(14)15(19(23)27)17(22)16(13)21/h3,5,24H,1,4,6-8H2,2H3,(H2,23,27). The zero-order valence-corrected chi connectivity index (χ0v) is 14.7. The maximum absolute atomic E-state index is 15.0. The van der Waals surface area contributed by atoms with Crippen LogP contribution in [0.4, 0.5) is 13.2 Å². The summed E-state index contributed by atoms with van der Waals surface area (Å²) in [6, 6.07) is 0. The van der Waals surface area contributed by atoms with E-state index in [2.05, 4.69) is 11.6 Å². The van der Waals surface area contributed by atoms with E-state index in [9.17, 15) is 22.8 Å². The second-order valence-corrected chi connectivity index (χ2v) is 6.34. The zero-order chi connectivity index (χ0) is 19.9. The summed E-state index contributed by atoms with van der Waals surface area (Å²) in [5.41, 5.74) is 5.16. The average molecular weight is 377 g/mol. The maximum Gasteiger partial charge on any atom is 0.253 e. The van der Waals surface area contributed by atoms with Crippen LogP contribution in [-0.2, 0) is 11.5 Å². The number of aromatic nitrogens is 1. The first-order valence-corrected chi connectivity index (χ1v) is 8.30. The minimum Gasteiger partial charge on any atom is -0.365 e. The van der Waals surface area contributed by atoms with Crippen molar-refractivity contribution in [2.75, 3.05) is 13.1 Å². The molecule has 2 aromatic rings. The molecule has 0 radical (unpaired) electrons. The van der Waals surface area contributed by atoms with Gasteiger partial charge in [-0.3, -0.25) is 9.59 Å². The summed E-state index contributed by atoms with van der Waals surface area (Å²) in [6.07, 6.45) is 3.24. The number of carbonyl (C=O) groups is 2. The Morgan fingerprint density at radius 1 is 1.37 bits per heavy atom. The van der Waals surface area contributed by atoms with Crippen molar-refractivity contribution >= 4 is 28.3 Å². The second kappa shape index (κ2) is 6.94. The third kappa shape index (κ3) is 2.90. The molecule has 2 amide bonds. The zero-order valence-electron chi connectivity index (χ0n) is 14.7. The molecule has 0 aliphatic carbocycles. The molecular formula is C19H18F3N3O2. The number of aryl methyl sites for hydroxylation is 1. The van der Waals surface area contributed by atoms with E-state index >= 15 is 0 Å². The predicted molar refractivity (Wildman–Crippen MR) is 95.7 cm³/mol. The lowest BCUT2D eigenvalue weighted by Crippen LogP contribution is -2.34. The summed E-state index contributed by atoms with van der Waals surface area (Å²) in [7, 11) is 0. The van der Waals surface area contributed by atoms with Crippen LogP contribution in [0.25, 0.3) is 16.5 Å². The number of rotatable bonds is 4. The summed E-state index contributed by atoms with van der Waals surface area (Å²) >= 11 is 0. The lowest BCUT2D eigenvalue weighted by molar-refractivity contribution is -0.125. The van der Waals surface area contributed by atoms with Crippen molar-refractivity contribution in [3.63, 3.8) is 0 Å². The molecule has 8 heteroatoms. The van der Waals surface area contributed by atoms with Crippen LogP contribution in [0, 0.1) is 18.6 Å². The molecule has 3 N–H and O–H groups in total. The molecule has 0 atom stereocenters. The van der Waals surface area contributed by atoms with Gasteiger partial charge in [0.2, 0.25) is 5.91 Å². The first-order chi connectivity index (χ1) is 12.8. The van der Waals surface area contributed by atoms with E-state index in [0.29, 0.717) is 24.2 Å². The number of nitrogens with zero attached hydrogens (tertiary/aromatic N) is 1. The maximum atomic E-state index is 15.0. The van der Waals surface area contributed by atoms with Crippen LogP contribution in [0.15, 0.2) is 18.7 Å². The molecule has 0 saturated carbocycles. The van der Waals surface area contributed by atoms with Gasteiger partial charge in [-0.15, -0.1) is 0 Å². The van der Waals surface area contributed by atoms with Gasteiger partial charge in [0.05, 0.1) is 5.52 Å². The minimum atomic E-state index is -1.40. The van der Waals surface area contributed by atoms with Crippen molar-refractivity contribution in [2.45, 2.75) is 20.0 Å². The predicted octanol–water partition coefficient (Wildman–Crippen LogP) is 3.12. The van der Waals surface area contributed by atoms with E-state index in [-0.39, 0.29) is 34.5 Å². The van der Waals surface area contributed by atoms with Crippen molar-refractivity contribution in [2.24, 2.45) is 5.73 Å². The van der Waals surface area contributed by atoms with Crippen molar-refractivity contribution in [3.8, 4) is 0 Å². The smallest absolute Gasteiger partial charge is 0.253 e. The molecule has 3 rings (SSSR count). The lowest BCUT2D eigenvalue weighted by Gasteiger charge is -2.27. The number of nitrogens with two attached hydrogens (primary N) is 1. The molecule has 5 nitrogen and oxygen atoms in total. The Labute approximate surface area is 153 Å². The summed E-state index contributed by atoms with van der Waals surface area (Å²) in [5.74, 6) is -4.19. The molecular weight excluding hydrogens is 359 g/mol. The number of hydrogen-bond donors (Lipinski definition) is 2. The SMILES string of the molecule is C=CC(=O)N1CCC=C(c2c(F)c(F)c(C(N)=O)c3[nH]c(C)c(CF)c23)C1. The van der Waals surface area contributed by atoms with Crippen LogP contribution in [-0.4, -0.2) is 34.8 Å². The summed E-state index contributed by atoms with van der Waals surface area (Å²) in [5, 5.41) is 0.0712. The van der Waals surface area contributed by atoms with Gasteiger partial charge >= 0.3 is 0 Å². The fourth-order valence-corrected chi connectivity index (χ4v) is 3.51. The summed E-state index contributed by atoms with van der Waals surface area (Å²) in [4.78, 5) is 27.8.